The number of aromatic nitrogens is 2. The molecule has 4 fully saturated rings. The second-order valence-electron chi connectivity index (χ2n) is 11.8. The number of hydrogen-bond acceptors (Lipinski definition) is 4. The number of ether oxygens (including phenoxy) is 1. The Labute approximate surface area is 213 Å². The number of benzene rings is 1. The number of likely N-dealkylation sites (tertiary alicyclic amines) is 1. The van der Waals surface area contributed by atoms with Crippen LogP contribution in [-0.4, -0.2) is 63.8 Å². The maximum atomic E-state index is 12.5. The number of pyridine rings is 1. The Kier molecular flexibility index (Phi) is 5.58. The maximum Gasteiger partial charge on any atom is 0.213 e. The van der Waals surface area contributed by atoms with Gasteiger partial charge in [0.15, 0.2) is 0 Å². The van der Waals surface area contributed by atoms with E-state index < -0.39 is 0 Å². The van der Waals surface area contributed by atoms with Gasteiger partial charge in [0.25, 0.3) is 0 Å². The second-order valence-corrected chi connectivity index (χ2v) is 11.8. The highest BCUT2D eigenvalue weighted by molar-refractivity contribution is 5.85. The number of H-pyrrole nitrogens is 1. The van der Waals surface area contributed by atoms with Gasteiger partial charge < -0.3 is 9.72 Å². The van der Waals surface area contributed by atoms with Crippen LogP contribution in [0.1, 0.15) is 68.3 Å². The van der Waals surface area contributed by atoms with E-state index in [-0.39, 0.29) is 18.8 Å². The van der Waals surface area contributed by atoms with Gasteiger partial charge in [0.2, 0.25) is 5.88 Å². The van der Waals surface area contributed by atoms with Crippen LogP contribution in [0.3, 0.4) is 0 Å². The van der Waals surface area contributed by atoms with Crippen LogP contribution in [0.5, 0.6) is 5.88 Å². The Morgan fingerprint density at radius 3 is 2.83 bits per heavy atom. The lowest BCUT2D eigenvalue weighted by molar-refractivity contribution is -0.0340. The van der Waals surface area contributed by atoms with Gasteiger partial charge in [0.1, 0.15) is 6.10 Å². The fraction of sp³-hybridized carbons (Fsp3) is 0.567. The summed E-state index contributed by atoms with van der Waals surface area (Å²) in [6.07, 6.45) is 10.3. The fourth-order valence-corrected chi connectivity index (χ4v) is 7.94. The summed E-state index contributed by atoms with van der Waals surface area (Å²) >= 11 is 0. The fourth-order valence-electron chi connectivity index (χ4n) is 7.94. The first-order valence-corrected chi connectivity index (χ1v) is 13.9. The zero-order valence-electron chi connectivity index (χ0n) is 21.3. The SMILES string of the molecule is C[C@@H]1Cc2c([nH]c3ccccc23)[C@@H](c2ccc(O[C@H]3CCN(CCCF)C3)nc2)N1C12CCC(C1)C2. The first kappa shape index (κ1) is 22.7. The number of nitrogens with one attached hydrogen (secondary N) is 1. The highest BCUT2D eigenvalue weighted by Crippen LogP contribution is 2.60. The Morgan fingerprint density at radius 2 is 2.06 bits per heavy atom. The van der Waals surface area contributed by atoms with Crippen LogP contribution in [0.4, 0.5) is 4.39 Å². The van der Waals surface area contributed by atoms with E-state index in [2.05, 4.69) is 64.3 Å². The molecule has 5 aliphatic rings. The Bertz CT molecular complexity index is 1230. The van der Waals surface area contributed by atoms with E-state index in [1.807, 2.05) is 0 Å². The van der Waals surface area contributed by atoms with E-state index in [0.29, 0.717) is 23.9 Å². The number of alkyl halides is 1. The van der Waals surface area contributed by atoms with E-state index >= 15 is 0 Å². The Balaban J connectivity index is 1.19. The molecule has 2 bridgehead atoms. The molecule has 2 aliphatic heterocycles. The number of halogens is 1. The van der Waals surface area contributed by atoms with Gasteiger partial charge in [0, 0.05) is 60.1 Å². The zero-order valence-corrected chi connectivity index (χ0v) is 21.3. The molecule has 1 saturated heterocycles. The van der Waals surface area contributed by atoms with Crippen molar-refractivity contribution in [3.63, 3.8) is 0 Å². The minimum Gasteiger partial charge on any atom is -0.473 e. The number of rotatable bonds is 7. The lowest BCUT2D eigenvalue weighted by Gasteiger charge is -2.55. The molecule has 2 aromatic heterocycles. The van der Waals surface area contributed by atoms with Gasteiger partial charge in [-0.1, -0.05) is 24.3 Å². The number of nitrogens with zero attached hydrogens (tertiary/aromatic N) is 3. The summed E-state index contributed by atoms with van der Waals surface area (Å²) in [4.78, 5) is 13.8. The van der Waals surface area contributed by atoms with Crippen molar-refractivity contribution in [2.24, 2.45) is 5.92 Å². The molecule has 8 rings (SSSR count). The number of hydrogen-bond donors (Lipinski definition) is 1. The van der Waals surface area contributed by atoms with Gasteiger partial charge in [-0.25, -0.2) is 4.98 Å². The molecule has 3 aliphatic carbocycles. The molecule has 0 amide bonds. The van der Waals surface area contributed by atoms with E-state index in [1.165, 1.54) is 53.4 Å². The van der Waals surface area contributed by atoms with Crippen LogP contribution in [0.25, 0.3) is 10.9 Å². The third-order valence-corrected chi connectivity index (χ3v) is 9.48. The van der Waals surface area contributed by atoms with Crippen molar-refractivity contribution in [3.05, 3.63) is 59.4 Å². The molecule has 36 heavy (non-hydrogen) atoms. The highest BCUT2D eigenvalue weighted by Gasteiger charge is 2.58. The van der Waals surface area contributed by atoms with Crippen molar-refractivity contribution in [3.8, 4) is 5.88 Å². The predicted molar refractivity (Wildman–Crippen MR) is 140 cm³/mol. The van der Waals surface area contributed by atoms with E-state index in [0.717, 1.165) is 38.4 Å². The van der Waals surface area contributed by atoms with Crippen molar-refractivity contribution in [1.29, 1.82) is 0 Å². The molecule has 6 heteroatoms. The summed E-state index contributed by atoms with van der Waals surface area (Å²) in [6.45, 7) is 4.83. The molecule has 3 aromatic rings. The summed E-state index contributed by atoms with van der Waals surface area (Å²) < 4.78 is 18.8. The summed E-state index contributed by atoms with van der Waals surface area (Å²) in [7, 11) is 0. The molecule has 3 atom stereocenters. The quantitative estimate of drug-likeness (QED) is 0.467. The smallest absolute Gasteiger partial charge is 0.213 e. The molecule has 0 radical (unpaired) electrons. The van der Waals surface area contributed by atoms with Crippen LogP contribution in [-0.2, 0) is 6.42 Å². The van der Waals surface area contributed by atoms with Gasteiger partial charge in [-0.3, -0.25) is 14.2 Å². The molecular weight excluding hydrogens is 451 g/mol. The Morgan fingerprint density at radius 1 is 1.17 bits per heavy atom. The van der Waals surface area contributed by atoms with Crippen LogP contribution < -0.4 is 4.74 Å². The number of para-hydroxylation sites is 1. The normalized spacial score (nSPS) is 32.1. The molecular formula is C30H37FN4O. The summed E-state index contributed by atoms with van der Waals surface area (Å²) in [6, 6.07) is 13.8. The van der Waals surface area contributed by atoms with Crippen molar-refractivity contribution >= 4 is 10.9 Å². The molecule has 1 aromatic carbocycles. The molecule has 190 valence electrons. The Hall–Kier alpha value is -2.44. The first-order chi connectivity index (χ1) is 17.6. The molecule has 3 saturated carbocycles. The maximum absolute atomic E-state index is 12.5. The molecule has 5 nitrogen and oxygen atoms in total. The number of fused-ring (bicyclic) bond motifs is 4. The summed E-state index contributed by atoms with van der Waals surface area (Å²) in [5.74, 6) is 1.62. The van der Waals surface area contributed by atoms with Crippen LogP contribution in [0.2, 0.25) is 0 Å². The second kappa shape index (κ2) is 8.84. The van der Waals surface area contributed by atoms with Crippen molar-refractivity contribution in [2.75, 3.05) is 26.3 Å². The third kappa shape index (κ3) is 3.67. The molecule has 1 N–H and O–H groups in total. The highest BCUT2D eigenvalue weighted by atomic mass is 19.1. The van der Waals surface area contributed by atoms with E-state index in [9.17, 15) is 4.39 Å². The van der Waals surface area contributed by atoms with Crippen molar-refractivity contribution in [1.82, 2.24) is 19.8 Å². The predicted octanol–water partition coefficient (Wildman–Crippen LogP) is 5.65. The molecule has 0 spiro atoms. The molecule has 0 unspecified atom stereocenters. The lowest BCUT2D eigenvalue weighted by atomic mass is 9.72. The zero-order chi connectivity index (χ0) is 24.3. The van der Waals surface area contributed by atoms with Gasteiger partial charge in [-0.05, 0) is 75.0 Å². The van der Waals surface area contributed by atoms with Gasteiger partial charge in [-0.2, -0.15) is 0 Å². The first-order valence-electron chi connectivity index (χ1n) is 13.9. The topological polar surface area (TPSA) is 44.4 Å². The van der Waals surface area contributed by atoms with Crippen LogP contribution in [0, 0.1) is 5.92 Å². The van der Waals surface area contributed by atoms with Crippen molar-refractivity contribution in [2.45, 2.75) is 75.6 Å². The summed E-state index contributed by atoms with van der Waals surface area (Å²) in [5.41, 5.74) is 5.66. The third-order valence-electron chi connectivity index (χ3n) is 9.48. The standard InChI is InChI=1S/C30H37FN4O/c1-20-15-25-24-5-2-3-6-26(24)33-28(25)29(35(20)30-11-9-21(16-30)17-30)22-7-8-27(32-18-22)36-23-10-14-34(19-23)13-4-12-31/h2-3,5-8,18,20-21,23,29,33H,4,9-17,19H2,1H3/t20-,21?,23+,29-,30?/m1/s1. The van der Waals surface area contributed by atoms with Gasteiger partial charge >= 0.3 is 0 Å². The minimum atomic E-state index is -0.248. The van der Waals surface area contributed by atoms with E-state index in [1.54, 1.807) is 0 Å². The van der Waals surface area contributed by atoms with Crippen LogP contribution in [0.15, 0.2) is 42.6 Å². The monoisotopic (exact) mass is 488 g/mol. The largest absolute Gasteiger partial charge is 0.473 e. The van der Waals surface area contributed by atoms with Crippen LogP contribution >= 0.6 is 0 Å². The minimum absolute atomic E-state index is 0.138. The number of aromatic amines is 1. The van der Waals surface area contributed by atoms with E-state index in [4.69, 9.17) is 9.72 Å². The lowest BCUT2D eigenvalue weighted by Crippen LogP contribution is -2.59. The summed E-state index contributed by atoms with van der Waals surface area (Å²) in [5, 5.41) is 1.37. The van der Waals surface area contributed by atoms with Gasteiger partial charge in [0.05, 0.1) is 12.7 Å². The average Bonchev–Trinajstić information content (AvgIpc) is 3.66. The van der Waals surface area contributed by atoms with Gasteiger partial charge in [-0.15, -0.1) is 0 Å². The van der Waals surface area contributed by atoms with Crippen molar-refractivity contribution < 1.29 is 9.13 Å². The molecule has 4 heterocycles. The average molecular weight is 489 g/mol.